The Morgan fingerprint density at radius 3 is 2.33 bits per heavy atom. The molecule has 2 heterocycles. The van der Waals surface area contributed by atoms with Gasteiger partial charge in [-0.1, -0.05) is 25.1 Å². The lowest BCUT2D eigenvalue weighted by molar-refractivity contribution is -0.124. The van der Waals surface area contributed by atoms with Crippen molar-refractivity contribution in [2.24, 2.45) is 11.8 Å². The smallest absolute Gasteiger partial charge is 0.251 e. The van der Waals surface area contributed by atoms with Crippen LogP contribution in [0.15, 0.2) is 36.4 Å². The lowest BCUT2D eigenvalue weighted by atomic mass is 9.84. The molecule has 216 valence electrons. The van der Waals surface area contributed by atoms with Gasteiger partial charge in [0.25, 0.3) is 5.91 Å². The standard InChI is InChI=1S/C30H41FN4O2.2ClH/c1-21-17-26(29(36)32-10-7-11-34-14-12-33(4)13-15-34)18-22(2)28(21)35-20-24(16-23(3)30(35)37)19-25-8-5-6-9-27(25)31;;/h5-6,8-9,17-18,23-24H,7,10-16,19-20H2,1-4H3,(H,32,36);2*1H/t23-,24-;;/m1../s1. The Hall–Kier alpha value is -2.19. The van der Waals surface area contributed by atoms with E-state index >= 15 is 0 Å². The summed E-state index contributed by atoms with van der Waals surface area (Å²) in [5, 5.41) is 3.06. The van der Waals surface area contributed by atoms with Crippen LogP contribution in [0.2, 0.25) is 0 Å². The Bertz CT molecular complexity index is 1100. The van der Waals surface area contributed by atoms with Crippen LogP contribution in [-0.2, 0) is 11.2 Å². The van der Waals surface area contributed by atoms with Gasteiger partial charge in [0.2, 0.25) is 5.91 Å². The zero-order valence-corrected chi connectivity index (χ0v) is 25.2. The average molecular weight is 582 g/mol. The first-order valence-electron chi connectivity index (χ1n) is 13.6. The first-order chi connectivity index (χ1) is 17.7. The molecular formula is C30H43Cl2FN4O2. The molecule has 2 aliphatic rings. The maximum Gasteiger partial charge on any atom is 0.251 e. The number of benzene rings is 2. The zero-order valence-electron chi connectivity index (χ0n) is 23.5. The summed E-state index contributed by atoms with van der Waals surface area (Å²) in [4.78, 5) is 32.7. The highest BCUT2D eigenvalue weighted by Crippen LogP contribution is 2.34. The number of halogens is 3. The fourth-order valence-corrected chi connectivity index (χ4v) is 5.80. The Balaban J connectivity index is 0.00000267. The monoisotopic (exact) mass is 580 g/mol. The summed E-state index contributed by atoms with van der Waals surface area (Å²) in [6.45, 7) is 12.4. The number of nitrogens with zero attached hydrogens (tertiary/aromatic N) is 3. The normalized spacial score (nSPS) is 20.2. The van der Waals surface area contributed by atoms with E-state index in [0.717, 1.165) is 62.4 Å². The van der Waals surface area contributed by atoms with Crippen molar-refractivity contribution < 1.29 is 14.0 Å². The molecule has 1 N–H and O–H groups in total. The summed E-state index contributed by atoms with van der Waals surface area (Å²) < 4.78 is 14.3. The molecule has 0 unspecified atom stereocenters. The van der Waals surface area contributed by atoms with Crippen LogP contribution in [0.1, 0.15) is 46.8 Å². The number of likely N-dealkylation sites (N-methyl/N-ethyl adjacent to an activating group) is 1. The summed E-state index contributed by atoms with van der Waals surface area (Å²) in [5.74, 6) is -0.131. The number of hydrogen-bond donors (Lipinski definition) is 1. The molecule has 2 atom stereocenters. The summed E-state index contributed by atoms with van der Waals surface area (Å²) in [6.07, 6.45) is 2.28. The molecule has 0 aromatic heterocycles. The Labute approximate surface area is 245 Å². The van der Waals surface area contributed by atoms with Crippen LogP contribution in [0.4, 0.5) is 10.1 Å². The number of anilines is 1. The van der Waals surface area contributed by atoms with Gasteiger partial charge in [-0.05, 0) is 87.5 Å². The number of piperidine rings is 1. The minimum atomic E-state index is -0.190. The third-order valence-corrected chi connectivity index (χ3v) is 7.84. The average Bonchev–Trinajstić information content (AvgIpc) is 2.86. The molecule has 2 saturated heterocycles. The molecule has 0 bridgehead atoms. The Morgan fingerprint density at radius 2 is 1.69 bits per heavy atom. The number of amides is 2. The lowest BCUT2D eigenvalue weighted by Crippen LogP contribution is -2.46. The first-order valence-corrected chi connectivity index (χ1v) is 13.6. The van der Waals surface area contributed by atoms with Gasteiger partial charge in [0.05, 0.1) is 0 Å². The maximum atomic E-state index is 14.3. The molecule has 4 rings (SSSR count). The van der Waals surface area contributed by atoms with Crippen LogP contribution >= 0.6 is 24.8 Å². The molecule has 2 aromatic rings. The molecule has 2 amide bonds. The molecule has 0 aliphatic carbocycles. The second kappa shape index (κ2) is 15.0. The van der Waals surface area contributed by atoms with E-state index in [-0.39, 0.29) is 54.3 Å². The fourth-order valence-electron chi connectivity index (χ4n) is 5.80. The van der Waals surface area contributed by atoms with Gasteiger partial charge in [-0.2, -0.15) is 0 Å². The van der Waals surface area contributed by atoms with E-state index in [1.54, 1.807) is 6.07 Å². The Kier molecular flexibility index (Phi) is 12.7. The van der Waals surface area contributed by atoms with Crippen molar-refractivity contribution in [1.82, 2.24) is 15.1 Å². The number of nitrogens with one attached hydrogen (secondary N) is 1. The predicted octanol–water partition coefficient (Wildman–Crippen LogP) is 4.89. The number of carbonyl (C=O) groups excluding carboxylic acids is 2. The van der Waals surface area contributed by atoms with E-state index in [9.17, 15) is 14.0 Å². The SMILES string of the molecule is Cc1cc(C(=O)NCCCN2CCN(C)CC2)cc(C)c1N1C[C@@H](Cc2ccccc2F)C[C@@H](C)C1=O.Cl.Cl. The molecule has 39 heavy (non-hydrogen) atoms. The van der Waals surface area contributed by atoms with Gasteiger partial charge >= 0.3 is 0 Å². The van der Waals surface area contributed by atoms with Gasteiger partial charge in [0.1, 0.15) is 5.82 Å². The van der Waals surface area contributed by atoms with Gasteiger partial charge in [-0.25, -0.2) is 4.39 Å². The zero-order chi connectivity index (χ0) is 26.5. The number of hydrogen-bond acceptors (Lipinski definition) is 4. The van der Waals surface area contributed by atoms with Crippen LogP contribution < -0.4 is 10.2 Å². The Morgan fingerprint density at radius 1 is 1.05 bits per heavy atom. The van der Waals surface area contributed by atoms with Crippen LogP contribution in [-0.4, -0.2) is 74.5 Å². The van der Waals surface area contributed by atoms with Crippen molar-refractivity contribution in [3.05, 3.63) is 64.5 Å². The van der Waals surface area contributed by atoms with Crippen LogP contribution in [0.5, 0.6) is 0 Å². The molecule has 0 saturated carbocycles. The van der Waals surface area contributed by atoms with E-state index in [2.05, 4.69) is 22.2 Å². The quantitative estimate of drug-likeness (QED) is 0.452. The highest BCUT2D eigenvalue weighted by Gasteiger charge is 2.34. The minimum absolute atomic E-state index is 0. The van der Waals surface area contributed by atoms with Crippen molar-refractivity contribution in [2.45, 2.75) is 40.0 Å². The van der Waals surface area contributed by atoms with Crippen molar-refractivity contribution in [3.63, 3.8) is 0 Å². The van der Waals surface area contributed by atoms with Crippen molar-refractivity contribution in [1.29, 1.82) is 0 Å². The molecule has 0 radical (unpaired) electrons. The van der Waals surface area contributed by atoms with E-state index in [0.29, 0.717) is 30.6 Å². The van der Waals surface area contributed by atoms with Crippen LogP contribution in [0.3, 0.4) is 0 Å². The highest BCUT2D eigenvalue weighted by molar-refractivity contribution is 5.99. The molecule has 2 aliphatic heterocycles. The topological polar surface area (TPSA) is 55.9 Å². The second-order valence-corrected chi connectivity index (χ2v) is 11.0. The number of aryl methyl sites for hydroxylation is 2. The highest BCUT2D eigenvalue weighted by atomic mass is 35.5. The molecule has 6 nitrogen and oxygen atoms in total. The van der Waals surface area contributed by atoms with E-state index in [1.165, 1.54) is 6.07 Å². The van der Waals surface area contributed by atoms with Crippen molar-refractivity contribution >= 4 is 42.3 Å². The van der Waals surface area contributed by atoms with Crippen molar-refractivity contribution in [2.75, 3.05) is 57.8 Å². The van der Waals surface area contributed by atoms with Gasteiger partial charge in [-0.3, -0.25) is 9.59 Å². The molecule has 9 heteroatoms. The van der Waals surface area contributed by atoms with Gasteiger partial charge in [0, 0.05) is 56.4 Å². The largest absolute Gasteiger partial charge is 0.352 e. The molecular weight excluding hydrogens is 538 g/mol. The van der Waals surface area contributed by atoms with Gasteiger partial charge in [-0.15, -0.1) is 24.8 Å². The van der Waals surface area contributed by atoms with Crippen LogP contribution in [0.25, 0.3) is 0 Å². The molecule has 2 aromatic carbocycles. The van der Waals surface area contributed by atoms with Gasteiger partial charge < -0.3 is 20.0 Å². The molecule has 2 fully saturated rings. The van der Waals surface area contributed by atoms with Gasteiger partial charge in [0.15, 0.2) is 0 Å². The third kappa shape index (κ3) is 8.40. The summed E-state index contributed by atoms with van der Waals surface area (Å²) in [5.41, 5.74) is 4.02. The van der Waals surface area contributed by atoms with E-state index in [1.807, 2.05) is 49.9 Å². The third-order valence-electron chi connectivity index (χ3n) is 7.84. The number of rotatable bonds is 8. The fraction of sp³-hybridized carbons (Fsp3) is 0.533. The predicted molar refractivity (Wildman–Crippen MR) is 161 cm³/mol. The summed E-state index contributed by atoms with van der Waals surface area (Å²) >= 11 is 0. The van der Waals surface area contributed by atoms with E-state index < -0.39 is 0 Å². The van der Waals surface area contributed by atoms with E-state index in [4.69, 9.17) is 0 Å². The van der Waals surface area contributed by atoms with Crippen molar-refractivity contribution in [3.8, 4) is 0 Å². The second-order valence-electron chi connectivity index (χ2n) is 11.0. The maximum absolute atomic E-state index is 14.3. The lowest BCUT2D eigenvalue weighted by Gasteiger charge is -2.38. The summed E-state index contributed by atoms with van der Waals surface area (Å²) in [7, 11) is 2.15. The number of piperazine rings is 1. The summed E-state index contributed by atoms with van der Waals surface area (Å²) in [6, 6.07) is 10.7. The minimum Gasteiger partial charge on any atom is -0.352 e. The first kappa shape index (κ1) is 33.0. The molecule has 0 spiro atoms. The van der Waals surface area contributed by atoms with Crippen LogP contribution in [0, 0.1) is 31.5 Å². The number of carbonyl (C=O) groups is 2.